The highest BCUT2D eigenvalue weighted by atomic mass is 14.9. The van der Waals surface area contributed by atoms with E-state index >= 15 is 0 Å². The molecule has 2 heterocycles. The quantitative estimate of drug-likeness (QED) is 0.149. The third-order valence-electron chi connectivity index (χ3n) is 10.6. The number of hydrogen-bond donors (Lipinski definition) is 0. The first-order valence-corrected chi connectivity index (χ1v) is 18.7. The maximum Gasteiger partial charge on any atom is 0.160 e. The van der Waals surface area contributed by atoms with Crippen molar-refractivity contribution in [1.29, 1.82) is 0 Å². The first-order valence-electron chi connectivity index (χ1n) is 18.7. The molecule has 0 fully saturated rings. The largest absolute Gasteiger partial charge is 0.292 e. The number of hydrogen-bond acceptors (Lipinski definition) is 3. The molecular weight excluding hydrogens is 655 g/mol. The van der Waals surface area contributed by atoms with E-state index < -0.39 is 0 Å². The van der Waals surface area contributed by atoms with Gasteiger partial charge in [0.1, 0.15) is 0 Å². The number of allylic oxidation sites excluding steroid dienone is 5. The predicted octanol–water partition coefficient (Wildman–Crippen LogP) is 13.2. The predicted molar refractivity (Wildman–Crippen MR) is 231 cm³/mol. The van der Waals surface area contributed by atoms with Gasteiger partial charge in [0.15, 0.2) is 5.82 Å². The molecular formula is C51H39N3. The van der Waals surface area contributed by atoms with Crippen LogP contribution < -0.4 is 0 Å². The fourth-order valence-corrected chi connectivity index (χ4v) is 7.90. The molecule has 7 aromatic rings. The van der Waals surface area contributed by atoms with Crippen molar-refractivity contribution < 1.29 is 0 Å². The Labute approximate surface area is 316 Å². The average molecular weight is 694 g/mol. The maximum absolute atomic E-state index is 5.28. The van der Waals surface area contributed by atoms with Gasteiger partial charge in [-0.1, -0.05) is 141 Å². The van der Waals surface area contributed by atoms with Gasteiger partial charge in [0.2, 0.25) is 0 Å². The fraction of sp³-hybridized carbons (Fsp3) is 0.0784. The molecule has 0 saturated carbocycles. The smallest absolute Gasteiger partial charge is 0.160 e. The molecule has 2 aliphatic rings. The van der Waals surface area contributed by atoms with Crippen LogP contribution in [0.5, 0.6) is 0 Å². The van der Waals surface area contributed by atoms with E-state index in [0.717, 1.165) is 87.3 Å². The van der Waals surface area contributed by atoms with Gasteiger partial charge in [-0.25, -0.2) is 9.97 Å². The van der Waals surface area contributed by atoms with Crippen LogP contribution in [0, 0.1) is 0 Å². The van der Waals surface area contributed by atoms with Crippen LogP contribution in [0.4, 0.5) is 0 Å². The second kappa shape index (κ2) is 14.4. The van der Waals surface area contributed by atoms with E-state index in [1.165, 1.54) is 32.7 Å². The maximum atomic E-state index is 5.28. The Morgan fingerprint density at radius 1 is 0.481 bits per heavy atom. The van der Waals surface area contributed by atoms with Crippen molar-refractivity contribution in [3.63, 3.8) is 0 Å². The Morgan fingerprint density at radius 2 is 1.13 bits per heavy atom. The van der Waals surface area contributed by atoms with Crippen LogP contribution in [-0.2, 0) is 0 Å². The summed E-state index contributed by atoms with van der Waals surface area (Å²) in [5.74, 6) is 0.699. The molecule has 1 aliphatic heterocycles. The molecule has 258 valence electrons. The average Bonchev–Trinajstić information content (AvgIpc) is 3.26. The van der Waals surface area contributed by atoms with Gasteiger partial charge in [-0.15, -0.1) is 0 Å². The topological polar surface area (TPSA) is 38.1 Å². The highest BCUT2D eigenvalue weighted by Gasteiger charge is 2.17. The number of aromatic nitrogens is 2. The molecule has 1 aliphatic carbocycles. The second-order valence-electron chi connectivity index (χ2n) is 13.9. The second-order valence-corrected chi connectivity index (χ2v) is 13.9. The highest BCUT2D eigenvalue weighted by molar-refractivity contribution is 6.15. The van der Waals surface area contributed by atoms with E-state index in [1.807, 2.05) is 18.4 Å². The van der Waals surface area contributed by atoms with E-state index in [1.54, 1.807) is 0 Å². The highest BCUT2D eigenvalue weighted by Crippen LogP contribution is 2.38. The van der Waals surface area contributed by atoms with Crippen molar-refractivity contribution in [3.05, 3.63) is 187 Å². The zero-order valence-corrected chi connectivity index (χ0v) is 30.2. The Kier molecular flexibility index (Phi) is 8.82. The van der Waals surface area contributed by atoms with Gasteiger partial charge >= 0.3 is 0 Å². The third kappa shape index (κ3) is 6.24. The normalized spacial score (nSPS) is 14.0. The minimum Gasteiger partial charge on any atom is -0.292 e. The molecule has 0 bridgehead atoms. The monoisotopic (exact) mass is 693 g/mol. The van der Waals surface area contributed by atoms with Gasteiger partial charge in [-0.2, -0.15) is 0 Å². The van der Waals surface area contributed by atoms with E-state index in [-0.39, 0.29) is 0 Å². The van der Waals surface area contributed by atoms with E-state index in [2.05, 4.69) is 164 Å². The molecule has 0 radical (unpaired) electrons. The molecule has 0 saturated heterocycles. The summed E-state index contributed by atoms with van der Waals surface area (Å²) < 4.78 is 0. The van der Waals surface area contributed by atoms with Crippen LogP contribution in [-0.4, -0.2) is 22.7 Å². The number of fused-ring (bicyclic) bond motifs is 3. The molecule has 0 atom stereocenters. The lowest BCUT2D eigenvalue weighted by Gasteiger charge is -2.16. The number of aliphatic imine (C=N–C) groups is 1. The summed E-state index contributed by atoms with van der Waals surface area (Å²) in [6.45, 7) is 9.14. The molecule has 0 N–H and O–H groups in total. The number of nitrogens with zero attached hydrogens (tertiary/aromatic N) is 3. The van der Waals surface area contributed by atoms with Gasteiger partial charge in [0.25, 0.3) is 0 Å². The van der Waals surface area contributed by atoms with Gasteiger partial charge in [-0.05, 0) is 121 Å². The first kappa shape index (κ1) is 33.1. The lowest BCUT2D eigenvalue weighted by Crippen LogP contribution is -2.01. The SMILES string of the molecule is C=Cc1c(C=C)c2ccc(-c3cccc(-c4nc(C5=CCCC(c6ccccc6)=C5)cc(-c5cccc(C6=CCCN=C6)c5)n4)c3)cc2c2ccccc12. The molecule has 6 aromatic carbocycles. The van der Waals surface area contributed by atoms with Crippen molar-refractivity contribution in [1.82, 2.24) is 9.97 Å². The van der Waals surface area contributed by atoms with Gasteiger partial charge in [0.05, 0.1) is 11.4 Å². The van der Waals surface area contributed by atoms with Crippen molar-refractivity contribution in [3.8, 4) is 33.8 Å². The van der Waals surface area contributed by atoms with Gasteiger partial charge in [-0.3, -0.25) is 4.99 Å². The summed E-state index contributed by atoms with van der Waals surface area (Å²) in [6.07, 6.45) is 15.7. The van der Waals surface area contributed by atoms with Crippen molar-refractivity contribution >= 4 is 56.6 Å². The van der Waals surface area contributed by atoms with E-state index in [0.29, 0.717) is 5.82 Å². The summed E-state index contributed by atoms with van der Waals surface area (Å²) in [7, 11) is 0. The fourth-order valence-electron chi connectivity index (χ4n) is 7.90. The summed E-state index contributed by atoms with van der Waals surface area (Å²) in [6, 6.07) is 45.4. The molecule has 0 spiro atoms. The van der Waals surface area contributed by atoms with E-state index in [4.69, 9.17) is 9.97 Å². The van der Waals surface area contributed by atoms with Gasteiger partial charge in [0, 0.05) is 23.9 Å². The zero-order valence-electron chi connectivity index (χ0n) is 30.2. The van der Waals surface area contributed by atoms with Crippen molar-refractivity contribution in [2.45, 2.75) is 19.3 Å². The standard InChI is InChI=1S/C51H39N3/c1-3-43-44(4-2)47-26-25-38(31-48(47)46-24-9-8-23-45(43)46)36-17-12-21-41(30-36)51-53-49(39-19-10-16-35(28-39)34-14-6-5-7-15-34)32-50(54-51)40-20-11-18-37(29-40)42-22-13-27-52-33-42/h3-9,11-12,14-15,17-26,28-33H,1-2,10,13,16,27H2. The van der Waals surface area contributed by atoms with Crippen LogP contribution >= 0.6 is 0 Å². The van der Waals surface area contributed by atoms with Gasteiger partial charge < -0.3 is 0 Å². The minimum absolute atomic E-state index is 0.699. The zero-order chi connectivity index (χ0) is 36.4. The molecule has 3 heteroatoms. The Hall–Kier alpha value is -6.71. The van der Waals surface area contributed by atoms with Crippen molar-refractivity contribution in [2.75, 3.05) is 6.54 Å². The molecule has 0 amide bonds. The van der Waals surface area contributed by atoms with Crippen molar-refractivity contribution in [2.24, 2.45) is 4.99 Å². The van der Waals surface area contributed by atoms with E-state index in [9.17, 15) is 0 Å². The lowest BCUT2D eigenvalue weighted by molar-refractivity contribution is 1.01. The first-order chi connectivity index (χ1) is 26.7. The van der Waals surface area contributed by atoms with Crippen LogP contribution in [0.3, 0.4) is 0 Å². The number of dihydropyridines is 1. The summed E-state index contributed by atoms with van der Waals surface area (Å²) in [5.41, 5.74) is 14.3. The third-order valence-corrected chi connectivity index (χ3v) is 10.6. The lowest BCUT2D eigenvalue weighted by atomic mass is 9.89. The minimum atomic E-state index is 0.699. The van der Waals surface area contributed by atoms with Crippen LogP contribution in [0.15, 0.2) is 164 Å². The van der Waals surface area contributed by atoms with Crippen LogP contribution in [0.2, 0.25) is 0 Å². The summed E-state index contributed by atoms with van der Waals surface area (Å²) in [4.78, 5) is 15.1. The molecule has 0 unspecified atom stereocenters. The number of benzene rings is 6. The molecule has 1 aromatic heterocycles. The Morgan fingerprint density at radius 3 is 1.93 bits per heavy atom. The van der Waals surface area contributed by atoms with Crippen LogP contribution in [0.1, 0.15) is 47.2 Å². The molecule has 54 heavy (non-hydrogen) atoms. The Bertz CT molecular complexity index is 2740. The number of rotatable bonds is 8. The van der Waals surface area contributed by atoms with Crippen LogP contribution in [0.25, 0.3) is 84.2 Å². The molecule has 9 rings (SSSR count). The summed E-state index contributed by atoms with van der Waals surface area (Å²) >= 11 is 0. The molecule has 3 nitrogen and oxygen atoms in total. The summed E-state index contributed by atoms with van der Waals surface area (Å²) in [5, 5.41) is 4.74. The Balaban J connectivity index is 1.18.